The van der Waals surface area contributed by atoms with Gasteiger partial charge in [0.2, 0.25) is 23.6 Å². The Hall–Kier alpha value is -6.35. The number of methoxy groups -OCH3 is 1. The molecule has 2 rings (SSSR count). The van der Waals surface area contributed by atoms with Crippen molar-refractivity contribution >= 4 is 41.8 Å². The third-order valence-electron chi connectivity index (χ3n) is 11.2. The predicted octanol–water partition coefficient (Wildman–Crippen LogP) is 1.32. The molecule has 0 aliphatic heterocycles. The highest BCUT2D eigenvalue weighted by Crippen LogP contribution is 2.23. The number of guanidine groups is 1. The van der Waals surface area contributed by atoms with E-state index in [4.69, 9.17) is 59.8 Å². The van der Waals surface area contributed by atoms with Crippen LogP contribution in [0.1, 0.15) is 75.1 Å². The van der Waals surface area contributed by atoms with Gasteiger partial charge in [0.15, 0.2) is 5.96 Å². The average molecular weight is 1110 g/mol. The molecule has 0 aliphatic rings. The second kappa shape index (κ2) is 39.9. The number of carbonyl (C=O) groups is 6. The van der Waals surface area contributed by atoms with Crippen LogP contribution in [-0.4, -0.2) is 189 Å². The Morgan fingerprint density at radius 2 is 1.04 bits per heavy atom. The van der Waals surface area contributed by atoms with Gasteiger partial charge in [-0.25, -0.2) is 9.59 Å². The summed E-state index contributed by atoms with van der Waals surface area (Å²) >= 11 is 0. The topological polar surface area (TPSA) is 356 Å². The number of ether oxygens (including phenoxy) is 9. The molecule has 0 aliphatic carbocycles. The number of aryl methyl sites for hydroxylation is 2. The van der Waals surface area contributed by atoms with Crippen molar-refractivity contribution in [3.8, 4) is 5.75 Å². The molecule has 0 saturated carbocycles. The molecule has 4 atom stereocenters. The number of phenols is 1. The zero-order valence-electron chi connectivity index (χ0n) is 46.4. The van der Waals surface area contributed by atoms with Gasteiger partial charge >= 0.3 is 12.2 Å². The van der Waals surface area contributed by atoms with Crippen LogP contribution in [0.4, 0.5) is 9.59 Å². The van der Waals surface area contributed by atoms with Crippen LogP contribution in [0.15, 0.2) is 47.5 Å². The lowest BCUT2D eigenvalue weighted by molar-refractivity contribution is -0.133. The van der Waals surface area contributed by atoms with Gasteiger partial charge in [0.05, 0.1) is 85.9 Å². The van der Waals surface area contributed by atoms with Crippen molar-refractivity contribution in [2.45, 2.75) is 109 Å². The first-order valence-corrected chi connectivity index (χ1v) is 26.2. The van der Waals surface area contributed by atoms with Crippen molar-refractivity contribution in [3.63, 3.8) is 0 Å². The van der Waals surface area contributed by atoms with E-state index in [9.17, 15) is 33.9 Å². The Morgan fingerprint density at radius 3 is 1.54 bits per heavy atom. The van der Waals surface area contributed by atoms with Crippen molar-refractivity contribution < 1.29 is 76.5 Å². The van der Waals surface area contributed by atoms with Crippen molar-refractivity contribution in [1.82, 2.24) is 26.6 Å². The quantitative estimate of drug-likeness (QED) is 0.0257. The number of carbonyl (C=O) groups excluding carboxylic acids is 6. The lowest BCUT2D eigenvalue weighted by Crippen LogP contribution is -2.59. The van der Waals surface area contributed by atoms with E-state index < -0.39 is 65.6 Å². The van der Waals surface area contributed by atoms with Crippen LogP contribution in [0.2, 0.25) is 0 Å². The molecule has 0 aromatic heterocycles. The molecular weight excluding hydrogens is 1020 g/mol. The summed E-state index contributed by atoms with van der Waals surface area (Å²) in [6, 6.07) is 6.94. The number of rotatable bonds is 42. The van der Waals surface area contributed by atoms with E-state index in [-0.39, 0.29) is 83.1 Å². The first-order valence-electron chi connectivity index (χ1n) is 26.2. The van der Waals surface area contributed by atoms with E-state index in [1.807, 2.05) is 0 Å². The maximum Gasteiger partial charge on any atom is 0.408 e. The van der Waals surface area contributed by atoms with Crippen LogP contribution in [0.3, 0.4) is 0 Å². The molecule has 0 spiro atoms. The van der Waals surface area contributed by atoms with E-state index in [0.717, 1.165) is 5.56 Å². The highest BCUT2D eigenvalue weighted by molar-refractivity contribution is 5.95. The summed E-state index contributed by atoms with van der Waals surface area (Å²) in [5, 5.41) is 23.8. The van der Waals surface area contributed by atoms with Gasteiger partial charge in [-0.15, -0.1) is 0 Å². The highest BCUT2D eigenvalue weighted by atomic mass is 16.6. The third-order valence-corrected chi connectivity index (χ3v) is 11.2. The van der Waals surface area contributed by atoms with Crippen LogP contribution in [-0.2, 0) is 74.7 Å². The second-order valence-corrected chi connectivity index (χ2v) is 18.9. The minimum atomic E-state index is -1.35. The number of alkyl carbamates (subject to hydrolysis) is 2. The standard InChI is InChI=1S/C53H87N9O16/c1-37-33-40(63)34-38(2)41(37)36-45(61-48(66)43(16-12-18-57-50(55)56)62-52(69)78-53(3,4)5)49(67)59-42(47(65)60-44(46(54)64)35-39-13-8-7-9-14-39)15-10-11-17-58-51(68)77-32-31-76-30-29-75-28-27-74-26-25-73-24-23-72-22-21-71-20-19-70-6/h7-9,13-14,33-34,42-45,63H,10-12,15-32,35-36H2,1-6H3,(H2,54,64)(H,58,68)(H,59,67)(H,60,65)(H,61,66)(H,62,69)(H4,55,56,57)/t42-,43+,44-,45-/m0/s1. The molecule has 12 N–H and O–H groups in total. The number of nitrogens with zero attached hydrogens (tertiary/aromatic N) is 1. The summed E-state index contributed by atoms with van der Waals surface area (Å²) in [4.78, 5) is 84.9. The number of hydrogen-bond acceptors (Lipinski definition) is 17. The van der Waals surface area contributed by atoms with Crippen LogP contribution in [0.5, 0.6) is 5.75 Å². The van der Waals surface area contributed by atoms with E-state index >= 15 is 0 Å². The summed E-state index contributed by atoms with van der Waals surface area (Å²) in [5.74, 6) is -3.21. The normalized spacial score (nSPS) is 12.8. The summed E-state index contributed by atoms with van der Waals surface area (Å²) in [7, 11) is 1.62. The molecule has 6 amide bonds. The molecule has 25 nitrogen and oxygen atoms in total. The molecule has 0 radical (unpaired) electrons. The predicted molar refractivity (Wildman–Crippen MR) is 289 cm³/mol. The molecule has 2 aromatic carbocycles. The smallest absolute Gasteiger partial charge is 0.408 e. The van der Waals surface area contributed by atoms with Gasteiger partial charge in [-0.1, -0.05) is 30.3 Å². The maximum absolute atomic E-state index is 14.6. The second-order valence-electron chi connectivity index (χ2n) is 18.9. The highest BCUT2D eigenvalue weighted by Gasteiger charge is 2.32. The van der Waals surface area contributed by atoms with Crippen LogP contribution < -0.4 is 43.8 Å². The van der Waals surface area contributed by atoms with Gasteiger partial charge in [0, 0.05) is 33.0 Å². The average Bonchev–Trinajstić information content (AvgIpc) is 3.37. The largest absolute Gasteiger partial charge is 0.508 e. The summed E-state index contributed by atoms with van der Waals surface area (Å²) in [6.07, 6.45) is -0.649. The molecule has 0 bridgehead atoms. The van der Waals surface area contributed by atoms with Gasteiger partial charge in [0.25, 0.3) is 0 Å². The molecule has 2 aromatic rings. The van der Waals surface area contributed by atoms with E-state index in [1.54, 1.807) is 72.1 Å². The minimum Gasteiger partial charge on any atom is -0.508 e. The number of phenolic OH excluding ortho intramolecular Hbond substituents is 1. The van der Waals surface area contributed by atoms with Crippen LogP contribution in [0.25, 0.3) is 0 Å². The zero-order chi connectivity index (χ0) is 57.6. The summed E-state index contributed by atoms with van der Waals surface area (Å²) in [5.41, 5.74) is 18.4. The third kappa shape index (κ3) is 32.4. The fraction of sp³-hybridized carbons (Fsp3) is 0.642. The van der Waals surface area contributed by atoms with Gasteiger partial charge in [0.1, 0.15) is 42.1 Å². The molecule has 25 heteroatoms. The monoisotopic (exact) mass is 1110 g/mol. The fourth-order valence-electron chi connectivity index (χ4n) is 7.34. The summed E-state index contributed by atoms with van der Waals surface area (Å²) in [6.45, 7) is 14.1. The first-order chi connectivity index (χ1) is 37.3. The van der Waals surface area contributed by atoms with Crippen molar-refractivity contribution in [1.29, 1.82) is 0 Å². The summed E-state index contributed by atoms with van der Waals surface area (Å²) < 4.78 is 48.2. The number of nitrogens with two attached hydrogens (primary N) is 3. The van der Waals surface area contributed by atoms with Crippen molar-refractivity contribution in [2.75, 3.05) is 113 Å². The lowest BCUT2D eigenvalue weighted by atomic mass is 9.95. The Kier molecular flexibility index (Phi) is 34.7. The minimum absolute atomic E-state index is 0.00105. The fourth-order valence-corrected chi connectivity index (χ4v) is 7.34. The van der Waals surface area contributed by atoms with Gasteiger partial charge < -0.3 is 91.5 Å². The van der Waals surface area contributed by atoms with Gasteiger partial charge in [-0.2, -0.15) is 0 Å². The number of benzene rings is 2. The number of aromatic hydroxyl groups is 1. The Morgan fingerprint density at radius 1 is 0.577 bits per heavy atom. The Balaban J connectivity index is 2.02. The molecule has 440 valence electrons. The molecule has 0 saturated heterocycles. The Labute approximate surface area is 458 Å². The van der Waals surface area contributed by atoms with Crippen molar-refractivity contribution in [3.05, 3.63) is 64.7 Å². The lowest BCUT2D eigenvalue weighted by Gasteiger charge is -2.27. The number of nitrogens with one attached hydrogen (secondary N) is 5. The van der Waals surface area contributed by atoms with Gasteiger partial charge in [-0.3, -0.25) is 24.2 Å². The maximum atomic E-state index is 14.6. The molecular formula is C53H87N9O16. The number of unbranched alkanes of at least 4 members (excludes halogenated alkanes) is 1. The van der Waals surface area contributed by atoms with E-state index in [0.29, 0.717) is 95.8 Å². The SMILES string of the molecule is COCCOCCOCCOCCOCCOCCOCCOC(=O)NCCCC[C@H](NC(=O)[C@H](Cc1c(C)cc(O)cc1C)NC(=O)[C@@H](CCCN=C(N)N)NC(=O)OC(C)(C)C)C(=O)N[C@@H](Cc1ccccc1)C(N)=O. The number of amides is 6. The molecule has 0 unspecified atom stereocenters. The van der Waals surface area contributed by atoms with Crippen LogP contribution in [0, 0.1) is 13.8 Å². The Bertz CT molecular complexity index is 2070. The molecule has 78 heavy (non-hydrogen) atoms. The first kappa shape index (κ1) is 67.8. The number of primary amides is 1. The zero-order valence-corrected chi connectivity index (χ0v) is 46.4. The van der Waals surface area contributed by atoms with E-state index in [1.165, 1.54) is 12.1 Å². The van der Waals surface area contributed by atoms with Crippen LogP contribution >= 0.6 is 0 Å². The van der Waals surface area contributed by atoms with Gasteiger partial charge in [-0.05, 0) is 101 Å². The van der Waals surface area contributed by atoms with E-state index in [2.05, 4.69) is 31.6 Å². The number of hydrogen-bond donors (Lipinski definition) is 9. The molecule has 0 fully saturated rings. The van der Waals surface area contributed by atoms with Crippen molar-refractivity contribution in [2.24, 2.45) is 22.2 Å². The molecule has 0 heterocycles. The number of aliphatic imine (C=N–C) groups is 1.